The summed E-state index contributed by atoms with van der Waals surface area (Å²) < 4.78 is 25.8. The number of carbonyl (C=O) groups excluding carboxylic acids is 1. The fourth-order valence-electron chi connectivity index (χ4n) is 4.43. The Hall–Kier alpha value is -4.20. The summed E-state index contributed by atoms with van der Waals surface area (Å²) in [5.74, 6) is 3.27. The van der Waals surface area contributed by atoms with Crippen molar-refractivity contribution < 1.29 is 18.7 Å². The first kappa shape index (κ1) is 20.4. The van der Waals surface area contributed by atoms with Gasteiger partial charge in [-0.15, -0.1) is 0 Å². The van der Waals surface area contributed by atoms with Gasteiger partial charge in [0, 0.05) is 29.9 Å². The van der Waals surface area contributed by atoms with Crippen LogP contribution in [-0.2, 0) is 17.6 Å². The zero-order valence-electron chi connectivity index (χ0n) is 18.2. The van der Waals surface area contributed by atoms with Crippen LogP contribution >= 0.6 is 0 Å². The summed E-state index contributed by atoms with van der Waals surface area (Å²) in [7, 11) is 0. The van der Waals surface area contributed by atoms with E-state index in [1.807, 2.05) is 30.3 Å². The Morgan fingerprint density at radius 2 is 2.06 bits per heavy atom. The summed E-state index contributed by atoms with van der Waals surface area (Å²) in [6, 6.07) is 14.0. The summed E-state index contributed by atoms with van der Waals surface area (Å²) in [4.78, 5) is 23.8. The second kappa shape index (κ2) is 8.30. The van der Waals surface area contributed by atoms with Crippen molar-refractivity contribution in [2.75, 3.05) is 11.9 Å². The lowest BCUT2D eigenvalue weighted by atomic mass is 9.96. The number of imidazole rings is 1. The van der Waals surface area contributed by atoms with Crippen LogP contribution in [0.3, 0.4) is 0 Å². The maximum atomic E-state index is 13.6. The van der Waals surface area contributed by atoms with Crippen LogP contribution in [0.5, 0.6) is 17.2 Å². The molecule has 2 aliphatic heterocycles. The van der Waals surface area contributed by atoms with Gasteiger partial charge in [0.25, 0.3) is 0 Å². The monoisotopic (exact) mass is 456 g/mol. The van der Waals surface area contributed by atoms with Gasteiger partial charge >= 0.3 is 0 Å². The summed E-state index contributed by atoms with van der Waals surface area (Å²) in [5.41, 5.74) is 3.35. The Kier molecular flexibility index (Phi) is 4.98. The third-order valence-electron chi connectivity index (χ3n) is 6.14. The quantitative estimate of drug-likeness (QED) is 0.451. The second-order valence-corrected chi connectivity index (χ2v) is 8.45. The Morgan fingerprint density at radius 3 is 2.97 bits per heavy atom. The molecule has 8 heteroatoms. The predicted octanol–water partition coefficient (Wildman–Crippen LogP) is 5.01. The van der Waals surface area contributed by atoms with E-state index < -0.39 is 0 Å². The SMILES string of the molecule is O=C1CCc2c(Oc3ccc4c(c3)CC(c3nc(-c5cccc(F)c5)c[nH]3)CO4)ccnc2N1. The largest absolute Gasteiger partial charge is 0.493 e. The molecule has 0 saturated heterocycles. The summed E-state index contributed by atoms with van der Waals surface area (Å²) in [5, 5.41) is 2.80. The zero-order chi connectivity index (χ0) is 23.1. The molecule has 1 amide bonds. The van der Waals surface area contributed by atoms with Crippen LogP contribution in [-0.4, -0.2) is 27.5 Å². The van der Waals surface area contributed by atoms with Crippen LogP contribution in [0.4, 0.5) is 10.2 Å². The first-order valence-electron chi connectivity index (χ1n) is 11.1. The van der Waals surface area contributed by atoms with E-state index in [9.17, 15) is 9.18 Å². The molecule has 4 aromatic rings. The molecule has 1 unspecified atom stereocenters. The number of benzene rings is 2. The number of hydrogen-bond acceptors (Lipinski definition) is 5. The smallest absolute Gasteiger partial charge is 0.225 e. The zero-order valence-corrected chi connectivity index (χ0v) is 18.2. The third kappa shape index (κ3) is 3.87. The van der Waals surface area contributed by atoms with Gasteiger partial charge < -0.3 is 19.8 Å². The molecule has 6 rings (SSSR count). The highest BCUT2D eigenvalue weighted by Gasteiger charge is 2.25. The predicted molar refractivity (Wildman–Crippen MR) is 124 cm³/mol. The lowest BCUT2D eigenvalue weighted by molar-refractivity contribution is -0.116. The average Bonchev–Trinajstić information content (AvgIpc) is 3.34. The molecule has 0 fully saturated rings. The molecular weight excluding hydrogens is 435 g/mol. The molecule has 2 N–H and O–H groups in total. The van der Waals surface area contributed by atoms with E-state index in [0.29, 0.717) is 42.5 Å². The number of amides is 1. The van der Waals surface area contributed by atoms with Gasteiger partial charge in [0.15, 0.2) is 0 Å². The minimum atomic E-state index is -0.289. The van der Waals surface area contributed by atoms with Crippen LogP contribution in [0.2, 0.25) is 0 Å². The molecule has 170 valence electrons. The van der Waals surface area contributed by atoms with E-state index in [-0.39, 0.29) is 17.6 Å². The lowest BCUT2D eigenvalue weighted by Crippen LogP contribution is -2.20. The summed E-state index contributed by atoms with van der Waals surface area (Å²) in [6.07, 6.45) is 5.16. The first-order valence-corrected chi connectivity index (χ1v) is 11.1. The van der Waals surface area contributed by atoms with Crippen LogP contribution < -0.4 is 14.8 Å². The number of halogens is 1. The number of hydrogen-bond donors (Lipinski definition) is 2. The van der Waals surface area contributed by atoms with Crippen LogP contribution in [0.1, 0.15) is 29.3 Å². The summed E-state index contributed by atoms with van der Waals surface area (Å²) in [6.45, 7) is 0.501. The van der Waals surface area contributed by atoms with Gasteiger partial charge in [-0.3, -0.25) is 4.79 Å². The molecule has 0 radical (unpaired) electrons. The molecule has 2 aromatic carbocycles. The Labute approximate surface area is 195 Å². The van der Waals surface area contributed by atoms with Crippen LogP contribution in [0, 0.1) is 5.82 Å². The number of rotatable bonds is 4. The van der Waals surface area contributed by atoms with Crippen molar-refractivity contribution in [2.24, 2.45) is 0 Å². The van der Waals surface area contributed by atoms with E-state index in [1.165, 1.54) is 12.1 Å². The average molecular weight is 456 g/mol. The van der Waals surface area contributed by atoms with Crippen molar-refractivity contribution in [3.8, 4) is 28.5 Å². The van der Waals surface area contributed by atoms with Crippen molar-refractivity contribution in [1.82, 2.24) is 15.0 Å². The molecule has 2 aromatic heterocycles. The molecule has 0 aliphatic carbocycles. The minimum absolute atomic E-state index is 0.0346. The summed E-state index contributed by atoms with van der Waals surface area (Å²) >= 11 is 0. The van der Waals surface area contributed by atoms with Gasteiger partial charge in [0.2, 0.25) is 5.91 Å². The number of nitrogens with one attached hydrogen (secondary N) is 2. The van der Waals surface area contributed by atoms with Crippen molar-refractivity contribution in [3.05, 3.63) is 83.7 Å². The van der Waals surface area contributed by atoms with Gasteiger partial charge in [-0.25, -0.2) is 14.4 Å². The van der Waals surface area contributed by atoms with Crippen molar-refractivity contribution in [1.29, 1.82) is 0 Å². The highest BCUT2D eigenvalue weighted by molar-refractivity contribution is 5.93. The fourth-order valence-corrected chi connectivity index (χ4v) is 4.43. The van der Waals surface area contributed by atoms with Crippen LogP contribution in [0.15, 0.2) is 60.9 Å². The maximum Gasteiger partial charge on any atom is 0.225 e. The second-order valence-electron chi connectivity index (χ2n) is 8.45. The van der Waals surface area contributed by atoms with Gasteiger partial charge in [0.1, 0.15) is 34.7 Å². The molecule has 0 spiro atoms. The number of carbonyl (C=O) groups is 1. The van der Waals surface area contributed by atoms with Gasteiger partial charge in [-0.2, -0.15) is 0 Å². The van der Waals surface area contributed by atoms with E-state index in [2.05, 4.69) is 20.3 Å². The van der Waals surface area contributed by atoms with Crippen LogP contribution in [0.25, 0.3) is 11.3 Å². The Balaban J connectivity index is 1.22. The number of fused-ring (bicyclic) bond motifs is 2. The van der Waals surface area contributed by atoms with E-state index >= 15 is 0 Å². The number of ether oxygens (including phenoxy) is 2. The molecule has 7 nitrogen and oxygen atoms in total. The van der Waals surface area contributed by atoms with E-state index in [0.717, 1.165) is 34.7 Å². The van der Waals surface area contributed by atoms with E-state index in [4.69, 9.17) is 9.47 Å². The topological polar surface area (TPSA) is 89.1 Å². The molecule has 2 aliphatic rings. The Bertz CT molecular complexity index is 1400. The maximum absolute atomic E-state index is 13.6. The highest BCUT2D eigenvalue weighted by Crippen LogP contribution is 2.37. The minimum Gasteiger partial charge on any atom is -0.493 e. The Morgan fingerprint density at radius 1 is 1.12 bits per heavy atom. The number of anilines is 1. The highest BCUT2D eigenvalue weighted by atomic mass is 19.1. The van der Waals surface area contributed by atoms with Crippen molar-refractivity contribution in [3.63, 3.8) is 0 Å². The molecule has 0 saturated carbocycles. The number of H-pyrrole nitrogens is 1. The molecular formula is C26H21FN4O3. The molecule has 34 heavy (non-hydrogen) atoms. The molecule has 0 bridgehead atoms. The van der Waals surface area contributed by atoms with E-state index in [1.54, 1.807) is 18.5 Å². The van der Waals surface area contributed by atoms with Crippen molar-refractivity contribution in [2.45, 2.75) is 25.2 Å². The van der Waals surface area contributed by atoms with Gasteiger partial charge in [-0.1, -0.05) is 12.1 Å². The standard InChI is InChI=1S/C26H21FN4O3/c27-18-3-1-2-15(11-18)21-13-29-25(30-21)17-10-16-12-19(4-6-22(16)33-14-17)34-23-8-9-28-26-20(23)5-7-24(32)31-26/h1-4,6,8-9,11-13,17H,5,7,10,14H2,(H,29,30)(H,28,31,32). The number of pyridine rings is 1. The first-order chi connectivity index (χ1) is 16.6. The van der Waals surface area contributed by atoms with Gasteiger partial charge in [0.05, 0.1) is 18.2 Å². The molecule has 1 atom stereocenters. The lowest BCUT2D eigenvalue weighted by Gasteiger charge is -2.25. The number of nitrogens with zero attached hydrogens (tertiary/aromatic N) is 2. The normalized spacial score (nSPS) is 16.7. The number of aromatic nitrogens is 3. The third-order valence-corrected chi connectivity index (χ3v) is 6.14. The fraction of sp³-hybridized carbons (Fsp3) is 0.192. The number of aromatic amines is 1. The molecule has 4 heterocycles. The van der Waals surface area contributed by atoms with Crippen molar-refractivity contribution >= 4 is 11.7 Å². The van der Waals surface area contributed by atoms with Gasteiger partial charge in [-0.05, 0) is 54.8 Å².